The minimum Gasteiger partial charge on any atom is -0.335 e. The molecule has 162 valence electrons. The Balaban J connectivity index is 1.51. The first-order valence-electron chi connectivity index (χ1n) is 10.6. The first-order chi connectivity index (χ1) is 15.5. The van der Waals surface area contributed by atoms with Gasteiger partial charge < -0.3 is 15.5 Å². The Labute approximate surface area is 187 Å². The van der Waals surface area contributed by atoms with Crippen LogP contribution in [0.25, 0.3) is 0 Å². The average molecular weight is 428 g/mol. The lowest BCUT2D eigenvalue weighted by atomic mass is 9.90. The normalized spacial score (nSPS) is 14.9. The number of nitrogens with zero attached hydrogens (tertiary/aromatic N) is 1. The summed E-state index contributed by atoms with van der Waals surface area (Å²) in [5, 5.41) is 5.77. The van der Waals surface area contributed by atoms with Crippen LogP contribution in [0.5, 0.6) is 0 Å². The van der Waals surface area contributed by atoms with Crippen LogP contribution in [0, 0.1) is 0 Å². The molecule has 1 unspecified atom stereocenters. The lowest BCUT2D eigenvalue weighted by molar-refractivity contribution is -0.132. The molecule has 1 aliphatic heterocycles. The summed E-state index contributed by atoms with van der Waals surface area (Å²) >= 11 is 0. The second kappa shape index (κ2) is 9.47. The van der Waals surface area contributed by atoms with Gasteiger partial charge in [-0.2, -0.15) is 0 Å². The van der Waals surface area contributed by atoms with Crippen LogP contribution in [0.15, 0.2) is 78.9 Å². The molecule has 0 aliphatic carbocycles. The summed E-state index contributed by atoms with van der Waals surface area (Å²) in [6, 6.07) is 23.6. The Morgan fingerprint density at radius 1 is 0.844 bits per heavy atom. The van der Waals surface area contributed by atoms with Gasteiger partial charge in [0, 0.05) is 19.0 Å². The van der Waals surface area contributed by atoms with E-state index in [-0.39, 0.29) is 30.2 Å². The van der Waals surface area contributed by atoms with Crippen LogP contribution in [0.4, 0.5) is 11.4 Å². The number of benzene rings is 3. The van der Waals surface area contributed by atoms with E-state index in [1.807, 2.05) is 30.3 Å². The van der Waals surface area contributed by atoms with E-state index in [0.717, 1.165) is 12.0 Å². The molecule has 32 heavy (non-hydrogen) atoms. The molecule has 3 aromatic rings. The fraction of sp³-hybridized carbons (Fsp3) is 0.192. The second-order valence-corrected chi connectivity index (χ2v) is 7.80. The number of amides is 3. The van der Waals surface area contributed by atoms with Crippen molar-refractivity contribution in [2.24, 2.45) is 0 Å². The van der Waals surface area contributed by atoms with Crippen molar-refractivity contribution in [1.29, 1.82) is 0 Å². The van der Waals surface area contributed by atoms with Crippen LogP contribution in [-0.2, 0) is 16.0 Å². The molecule has 1 aliphatic rings. The maximum atomic E-state index is 13.0. The van der Waals surface area contributed by atoms with Crippen molar-refractivity contribution in [2.45, 2.75) is 25.8 Å². The number of anilines is 2. The zero-order valence-corrected chi connectivity index (χ0v) is 17.9. The number of carbonyl (C=O) groups excluding carboxylic acids is 3. The van der Waals surface area contributed by atoms with Gasteiger partial charge in [0.05, 0.1) is 23.8 Å². The highest BCUT2D eigenvalue weighted by molar-refractivity contribution is 6.07. The molecule has 3 aromatic carbocycles. The topological polar surface area (TPSA) is 78.5 Å². The highest BCUT2D eigenvalue weighted by atomic mass is 16.2. The molecule has 1 heterocycles. The van der Waals surface area contributed by atoms with Crippen LogP contribution < -0.4 is 10.6 Å². The third-order valence-corrected chi connectivity index (χ3v) is 5.68. The molecule has 6 nitrogen and oxygen atoms in total. The molecular weight excluding hydrogens is 402 g/mol. The Kier molecular flexibility index (Phi) is 6.31. The van der Waals surface area contributed by atoms with Gasteiger partial charge in [-0.05, 0) is 41.8 Å². The highest BCUT2D eigenvalue weighted by Crippen LogP contribution is 2.33. The largest absolute Gasteiger partial charge is 0.335 e. The summed E-state index contributed by atoms with van der Waals surface area (Å²) in [6.45, 7) is 2.13. The van der Waals surface area contributed by atoms with Gasteiger partial charge in [-0.25, -0.2) is 0 Å². The first kappa shape index (κ1) is 21.3. The molecule has 0 bridgehead atoms. The number of hydrogen-bond donors (Lipinski definition) is 2. The molecule has 0 aromatic heterocycles. The summed E-state index contributed by atoms with van der Waals surface area (Å²) < 4.78 is 0. The average Bonchev–Trinajstić information content (AvgIpc) is 2.81. The highest BCUT2D eigenvalue weighted by Gasteiger charge is 2.30. The van der Waals surface area contributed by atoms with Gasteiger partial charge >= 0.3 is 0 Å². The van der Waals surface area contributed by atoms with Crippen molar-refractivity contribution >= 4 is 29.1 Å². The van der Waals surface area contributed by atoms with Crippen LogP contribution >= 0.6 is 0 Å². The van der Waals surface area contributed by atoms with Crippen molar-refractivity contribution < 1.29 is 14.4 Å². The lowest BCUT2D eigenvalue weighted by Crippen LogP contribution is -2.40. The van der Waals surface area contributed by atoms with Gasteiger partial charge in [0.2, 0.25) is 11.8 Å². The third-order valence-electron chi connectivity index (χ3n) is 5.68. The fourth-order valence-electron chi connectivity index (χ4n) is 4.11. The first-order valence-corrected chi connectivity index (χ1v) is 10.6. The van der Waals surface area contributed by atoms with Gasteiger partial charge in [-0.1, -0.05) is 54.6 Å². The molecule has 4 rings (SSSR count). The molecule has 3 amide bonds. The fourth-order valence-corrected chi connectivity index (χ4v) is 4.11. The van der Waals surface area contributed by atoms with Gasteiger partial charge in [0.15, 0.2) is 0 Å². The van der Waals surface area contributed by atoms with Crippen LogP contribution in [0.2, 0.25) is 0 Å². The van der Waals surface area contributed by atoms with Crippen molar-refractivity contribution in [3.8, 4) is 0 Å². The van der Waals surface area contributed by atoms with Crippen LogP contribution in [0.1, 0.15) is 40.9 Å². The van der Waals surface area contributed by atoms with Crippen molar-refractivity contribution in [3.63, 3.8) is 0 Å². The molecule has 2 N–H and O–H groups in total. The second-order valence-electron chi connectivity index (χ2n) is 7.80. The smallest absolute Gasteiger partial charge is 0.255 e. The summed E-state index contributed by atoms with van der Waals surface area (Å²) in [5.74, 6) is -0.525. The Morgan fingerprint density at radius 2 is 1.47 bits per heavy atom. The quantitative estimate of drug-likeness (QED) is 0.633. The number of carbonyl (C=O) groups is 3. The maximum Gasteiger partial charge on any atom is 0.255 e. The van der Waals surface area contributed by atoms with Gasteiger partial charge in [0.1, 0.15) is 0 Å². The Hall–Kier alpha value is -3.93. The third kappa shape index (κ3) is 4.70. The van der Waals surface area contributed by atoms with E-state index >= 15 is 0 Å². The Bertz CT molecular complexity index is 1140. The monoisotopic (exact) mass is 427 g/mol. The predicted octanol–water partition coefficient (Wildman–Crippen LogP) is 4.41. The molecule has 1 atom stereocenters. The van der Waals surface area contributed by atoms with Crippen LogP contribution in [-0.4, -0.2) is 29.2 Å². The van der Waals surface area contributed by atoms with E-state index in [9.17, 15) is 14.4 Å². The minimum absolute atomic E-state index is 0.0483. The van der Waals surface area contributed by atoms with E-state index in [4.69, 9.17) is 0 Å². The van der Waals surface area contributed by atoms with Gasteiger partial charge in [0.25, 0.3) is 5.91 Å². The van der Waals surface area contributed by atoms with Gasteiger partial charge in [-0.15, -0.1) is 0 Å². The summed E-state index contributed by atoms with van der Waals surface area (Å²) in [5.41, 5.74) is 3.74. The van der Waals surface area contributed by atoms with Crippen molar-refractivity contribution in [2.75, 3.05) is 17.2 Å². The number of para-hydroxylation sites is 2. The maximum absolute atomic E-state index is 13.0. The molecule has 0 radical (unpaired) electrons. The summed E-state index contributed by atoms with van der Waals surface area (Å²) in [4.78, 5) is 39.5. The number of hydrogen-bond acceptors (Lipinski definition) is 3. The summed E-state index contributed by atoms with van der Waals surface area (Å²) in [6.07, 6.45) is 0.916. The van der Waals surface area contributed by atoms with Gasteiger partial charge in [-0.3, -0.25) is 14.4 Å². The van der Waals surface area contributed by atoms with E-state index in [1.54, 1.807) is 53.4 Å². The molecular formula is C26H25N3O3. The molecule has 0 saturated carbocycles. The van der Waals surface area contributed by atoms with Crippen molar-refractivity contribution in [3.05, 3.63) is 95.6 Å². The van der Waals surface area contributed by atoms with Crippen LogP contribution in [0.3, 0.4) is 0 Å². The standard InChI is InChI=1S/C26H25N3O3/c1-18(30)29-16-15-19-9-5-6-12-21(19)24(29)17-25(31)27-22-13-7-8-14-23(22)28-26(32)20-10-3-2-4-11-20/h2-14,24H,15-17H2,1H3,(H,27,31)(H,28,32). The minimum atomic E-state index is -0.316. The number of fused-ring (bicyclic) bond motifs is 1. The van der Waals surface area contributed by atoms with E-state index in [1.165, 1.54) is 12.5 Å². The van der Waals surface area contributed by atoms with E-state index in [2.05, 4.69) is 10.6 Å². The zero-order chi connectivity index (χ0) is 22.5. The van der Waals surface area contributed by atoms with E-state index in [0.29, 0.717) is 23.5 Å². The molecule has 6 heteroatoms. The number of nitrogens with one attached hydrogen (secondary N) is 2. The predicted molar refractivity (Wildman–Crippen MR) is 124 cm³/mol. The van der Waals surface area contributed by atoms with E-state index < -0.39 is 0 Å². The SMILES string of the molecule is CC(=O)N1CCc2ccccc2C1CC(=O)Nc1ccccc1NC(=O)c1ccccc1. The zero-order valence-electron chi connectivity index (χ0n) is 17.9. The molecule has 0 spiro atoms. The Morgan fingerprint density at radius 3 is 2.19 bits per heavy atom. The molecule has 0 fully saturated rings. The number of rotatable bonds is 5. The lowest BCUT2D eigenvalue weighted by Gasteiger charge is -2.36. The van der Waals surface area contributed by atoms with Crippen molar-refractivity contribution in [1.82, 2.24) is 4.90 Å². The molecule has 0 saturated heterocycles. The summed E-state index contributed by atoms with van der Waals surface area (Å²) in [7, 11) is 0.